The maximum atomic E-state index is 12.9. The highest BCUT2D eigenvalue weighted by Gasteiger charge is 2.41. The molecule has 4 rings (SSSR count). The Hall–Kier alpha value is -3.45. The Balaban J connectivity index is 1.61. The summed E-state index contributed by atoms with van der Waals surface area (Å²) in [6, 6.07) is 14.0. The summed E-state index contributed by atoms with van der Waals surface area (Å²) in [6.07, 6.45) is 7.33. The number of benzene rings is 2. The Labute approximate surface area is 194 Å². The van der Waals surface area contributed by atoms with Gasteiger partial charge in [0.15, 0.2) is 11.5 Å². The average molecular weight is 447 g/mol. The summed E-state index contributed by atoms with van der Waals surface area (Å²) in [7, 11) is 3.28. The summed E-state index contributed by atoms with van der Waals surface area (Å²) >= 11 is 0. The van der Waals surface area contributed by atoms with E-state index in [2.05, 4.69) is 20.9 Å². The summed E-state index contributed by atoms with van der Waals surface area (Å²) in [5.74, 6) is 1.17. The number of rotatable bonds is 8. The van der Waals surface area contributed by atoms with Crippen molar-refractivity contribution in [1.82, 2.24) is 14.9 Å². The van der Waals surface area contributed by atoms with Gasteiger partial charge in [-0.1, -0.05) is 36.4 Å². The monoisotopic (exact) mass is 446 g/mol. The molecule has 33 heavy (non-hydrogen) atoms. The van der Waals surface area contributed by atoms with Crippen LogP contribution in [0.2, 0.25) is 0 Å². The minimum Gasteiger partial charge on any atom is -0.493 e. The molecule has 2 aromatic carbocycles. The highest BCUT2D eigenvalue weighted by Crippen LogP contribution is 2.38. The molecule has 0 bridgehead atoms. The Morgan fingerprint density at radius 2 is 1.82 bits per heavy atom. The maximum absolute atomic E-state index is 12.9. The fourth-order valence-corrected chi connectivity index (χ4v) is 4.87. The number of para-hydroxylation sites is 1. The number of aromatic nitrogens is 2. The summed E-state index contributed by atoms with van der Waals surface area (Å²) in [5, 5.41) is 0. The van der Waals surface area contributed by atoms with Gasteiger partial charge in [0.05, 0.1) is 19.6 Å². The fraction of sp³-hybridized carbons (Fsp3) is 0.346. The van der Waals surface area contributed by atoms with Crippen LogP contribution in [0.25, 0.3) is 11.1 Å². The third kappa shape index (κ3) is 4.83. The second-order valence-corrected chi connectivity index (χ2v) is 8.57. The van der Waals surface area contributed by atoms with E-state index in [0.717, 1.165) is 47.4 Å². The highest BCUT2D eigenvalue weighted by atomic mass is 16.5. The Kier molecular flexibility index (Phi) is 6.89. The number of piperidine rings is 1. The third-order valence-electron chi connectivity index (χ3n) is 6.47. The van der Waals surface area contributed by atoms with Gasteiger partial charge in [-0.3, -0.25) is 9.69 Å². The molecular formula is C26H30N4O3. The topological polar surface area (TPSA) is 90.6 Å². The summed E-state index contributed by atoms with van der Waals surface area (Å²) < 4.78 is 11.1. The molecule has 1 aliphatic rings. The van der Waals surface area contributed by atoms with E-state index in [1.807, 2.05) is 36.4 Å². The lowest BCUT2D eigenvalue weighted by Crippen LogP contribution is -2.51. The predicted octanol–water partition coefficient (Wildman–Crippen LogP) is 3.47. The lowest BCUT2D eigenvalue weighted by Gasteiger charge is -2.41. The van der Waals surface area contributed by atoms with Crippen molar-refractivity contribution in [2.75, 3.05) is 27.3 Å². The van der Waals surface area contributed by atoms with Crippen LogP contribution in [0.15, 0.2) is 61.2 Å². The van der Waals surface area contributed by atoms with Gasteiger partial charge in [-0.2, -0.15) is 0 Å². The first-order chi connectivity index (χ1) is 16.1. The molecule has 0 unspecified atom stereocenters. The Bertz CT molecular complexity index is 1110. The van der Waals surface area contributed by atoms with Crippen molar-refractivity contribution in [3.63, 3.8) is 0 Å². The quantitative estimate of drug-likeness (QED) is 0.570. The van der Waals surface area contributed by atoms with Crippen LogP contribution in [-0.4, -0.2) is 48.1 Å². The molecule has 3 aromatic rings. The smallest absolute Gasteiger partial charge is 0.225 e. The van der Waals surface area contributed by atoms with Gasteiger partial charge in [-0.05, 0) is 43.0 Å². The minimum atomic E-state index is -0.657. The van der Waals surface area contributed by atoms with E-state index in [4.69, 9.17) is 15.2 Å². The molecule has 1 fully saturated rings. The number of hydrogen-bond donors (Lipinski definition) is 1. The largest absolute Gasteiger partial charge is 0.493 e. The molecule has 1 aromatic heterocycles. The third-order valence-corrected chi connectivity index (χ3v) is 6.47. The van der Waals surface area contributed by atoms with E-state index < -0.39 is 5.41 Å². The average Bonchev–Trinajstić information content (AvgIpc) is 2.85. The number of carbonyl (C=O) groups excluding carboxylic acids is 1. The van der Waals surface area contributed by atoms with E-state index in [-0.39, 0.29) is 5.91 Å². The Morgan fingerprint density at radius 3 is 2.55 bits per heavy atom. The summed E-state index contributed by atoms with van der Waals surface area (Å²) in [4.78, 5) is 23.5. The van der Waals surface area contributed by atoms with Crippen LogP contribution < -0.4 is 15.2 Å². The zero-order valence-corrected chi connectivity index (χ0v) is 19.2. The van der Waals surface area contributed by atoms with Crippen LogP contribution in [0.3, 0.4) is 0 Å². The molecule has 0 saturated carbocycles. The first kappa shape index (κ1) is 22.7. The van der Waals surface area contributed by atoms with Gasteiger partial charge in [-0.25, -0.2) is 9.97 Å². The van der Waals surface area contributed by atoms with Crippen molar-refractivity contribution >= 4 is 5.91 Å². The predicted molar refractivity (Wildman–Crippen MR) is 127 cm³/mol. The number of ether oxygens (including phenoxy) is 2. The van der Waals surface area contributed by atoms with Crippen molar-refractivity contribution in [3.8, 4) is 22.6 Å². The lowest BCUT2D eigenvalue weighted by atomic mass is 9.73. The Morgan fingerprint density at radius 1 is 1.06 bits per heavy atom. The molecule has 7 nitrogen and oxygen atoms in total. The van der Waals surface area contributed by atoms with Crippen LogP contribution in [0.5, 0.6) is 11.5 Å². The number of methoxy groups -OCH3 is 2. The van der Waals surface area contributed by atoms with Crippen LogP contribution in [0.4, 0.5) is 0 Å². The highest BCUT2D eigenvalue weighted by molar-refractivity contribution is 5.82. The van der Waals surface area contributed by atoms with Gasteiger partial charge in [0.25, 0.3) is 0 Å². The second kappa shape index (κ2) is 10.0. The molecule has 0 radical (unpaired) electrons. The lowest BCUT2D eigenvalue weighted by molar-refractivity contribution is -0.131. The molecular weight excluding hydrogens is 416 g/mol. The number of amides is 1. The van der Waals surface area contributed by atoms with Gasteiger partial charge >= 0.3 is 0 Å². The van der Waals surface area contributed by atoms with Crippen LogP contribution in [0.1, 0.15) is 24.0 Å². The molecule has 1 atom stereocenters. The van der Waals surface area contributed by atoms with Crippen LogP contribution >= 0.6 is 0 Å². The van der Waals surface area contributed by atoms with Crippen molar-refractivity contribution in [2.24, 2.45) is 11.1 Å². The zero-order valence-electron chi connectivity index (χ0n) is 19.2. The molecule has 1 amide bonds. The normalized spacial score (nSPS) is 18.6. The molecule has 2 N–H and O–H groups in total. The van der Waals surface area contributed by atoms with E-state index in [0.29, 0.717) is 25.3 Å². The van der Waals surface area contributed by atoms with Crippen LogP contribution in [-0.2, 0) is 17.8 Å². The van der Waals surface area contributed by atoms with E-state index >= 15 is 0 Å². The second-order valence-electron chi connectivity index (χ2n) is 8.57. The number of carbonyl (C=O) groups is 1. The van der Waals surface area contributed by atoms with E-state index in [9.17, 15) is 4.79 Å². The standard InChI is InChI=1S/C26H30N4O3/c1-32-23-10-5-8-20(24(23)33-2)16-30-12-6-11-26(17-30,25(27)31)13-19-7-3-4-9-22(19)21-14-28-18-29-15-21/h3-5,7-10,14-15,18H,6,11-13,16-17H2,1-2H3,(H2,27,31)/t26-/m0/s1. The van der Waals surface area contributed by atoms with Crippen molar-refractivity contribution in [2.45, 2.75) is 25.8 Å². The van der Waals surface area contributed by atoms with E-state index in [1.54, 1.807) is 26.6 Å². The number of nitrogens with zero attached hydrogens (tertiary/aromatic N) is 3. The first-order valence-corrected chi connectivity index (χ1v) is 11.1. The van der Waals surface area contributed by atoms with Gasteiger partial charge in [0.1, 0.15) is 6.33 Å². The summed E-state index contributed by atoms with van der Waals surface area (Å²) in [6.45, 7) is 2.13. The number of nitrogens with two attached hydrogens (primary N) is 1. The molecule has 0 spiro atoms. The van der Waals surface area contributed by atoms with Gasteiger partial charge in [-0.15, -0.1) is 0 Å². The maximum Gasteiger partial charge on any atom is 0.225 e. The molecule has 7 heteroatoms. The van der Waals surface area contributed by atoms with Gasteiger partial charge in [0, 0.05) is 36.6 Å². The van der Waals surface area contributed by atoms with Gasteiger partial charge in [0.2, 0.25) is 5.91 Å². The molecule has 172 valence electrons. The zero-order chi connectivity index (χ0) is 23.3. The summed E-state index contributed by atoms with van der Waals surface area (Å²) in [5.41, 5.74) is 9.47. The number of likely N-dealkylation sites (tertiary alicyclic amines) is 1. The first-order valence-electron chi connectivity index (χ1n) is 11.1. The van der Waals surface area contributed by atoms with Crippen molar-refractivity contribution < 1.29 is 14.3 Å². The van der Waals surface area contributed by atoms with E-state index in [1.165, 1.54) is 6.33 Å². The molecule has 0 aliphatic carbocycles. The number of hydrogen-bond acceptors (Lipinski definition) is 6. The van der Waals surface area contributed by atoms with Gasteiger partial charge < -0.3 is 15.2 Å². The fourth-order valence-electron chi connectivity index (χ4n) is 4.87. The van der Waals surface area contributed by atoms with Crippen LogP contribution in [0, 0.1) is 5.41 Å². The van der Waals surface area contributed by atoms with Crippen molar-refractivity contribution in [1.29, 1.82) is 0 Å². The SMILES string of the molecule is COc1cccc(CN2CCC[C@@](Cc3ccccc3-c3cncnc3)(C(N)=O)C2)c1OC. The molecule has 1 aliphatic heterocycles. The molecule has 1 saturated heterocycles. The number of primary amides is 1. The molecule has 2 heterocycles. The minimum absolute atomic E-state index is 0.260. The van der Waals surface area contributed by atoms with Crippen molar-refractivity contribution in [3.05, 3.63) is 72.3 Å².